The third kappa shape index (κ3) is 6.27. The molecule has 0 saturated carbocycles. The van der Waals surface area contributed by atoms with E-state index < -0.39 is 0 Å². The number of hydrogen-bond donors (Lipinski definition) is 1. The highest BCUT2D eigenvalue weighted by molar-refractivity contribution is 5.98. The molecule has 1 saturated heterocycles. The van der Waals surface area contributed by atoms with Gasteiger partial charge >= 0.3 is 0 Å². The van der Waals surface area contributed by atoms with Gasteiger partial charge in [-0.25, -0.2) is 0 Å². The number of nitrogens with zero attached hydrogens (tertiary/aromatic N) is 2. The fraction of sp³-hybridized carbons (Fsp3) is 0.320. The monoisotopic (exact) mass is 417 g/mol. The van der Waals surface area contributed by atoms with E-state index >= 15 is 0 Å². The minimum absolute atomic E-state index is 0.0518. The first-order chi connectivity index (χ1) is 15.0. The maximum Gasteiger partial charge on any atom is 0.247 e. The van der Waals surface area contributed by atoms with Crippen molar-refractivity contribution < 1.29 is 14.3 Å². The van der Waals surface area contributed by atoms with Gasteiger partial charge in [-0.1, -0.05) is 24.3 Å². The number of rotatable bonds is 7. The highest BCUT2D eigenvalue weighted by Gasteiger charge is 2.23. The molecule has 0 aromatic heterocycles. The molecule has 160 valence electrons. The molecule has 1 aliphatic heterocycles. The molecule has 31 heavy (non-hydrogen) atoms. The van der Waals surface area contributed by atoms with Crippen molar-refractivity contribution in [3.63, 3.8) is 0 Å². The summed E-state index contributed by atoms with van der Waals surface area (Å²) in [5.41, 5.74) is 4.22. The lowest BCUT2D eigenvalue weighted by Gasteiger charge is -2.24. The summed E-state index contributed by atoms with van der Waals surface area (Å²) in [6.45, 7) is 4.95. The van der Waals surface area contributed by atoms with E-state index in [1.807, 2.05) is 32.0 Å². The highest BCUT2D eigenvalue weighted by Crippen LogP contribution is 2.18. The summed E-state index contributed by atoms with van der Waals surface area (Å²) in [6, 6.07) is 14.8. The number of ether oxygens (including phenoxy) is 1. The molecule has 1 atom stereocenters. The molecule has 2 amide bonds. The molecule has 1 fully saturated rings. The van der Waals surface area contributed by atoms with Gasteiger partial charge in [0.25, 0.3) is 0 Å². The van der Waals surface area contributed by atoms with Crippen LogP contribution in [0.15, 0.2) is 48.5 Å². The number of carbonyl (C=O) groups excluding carboxylic acids is 2. The second-order valence-corrected chi connectivity index (χ2v) is 7.72. The van der Waals surface area contributed by atoms with E-state index in [4.69, 9.17) is 10.00 Å². The van der Waals surface area contributed by atoms with Crippen LogP contribution >= 0.6 is 0 Å². The van der Waals surface area contributed by atoms with Crippen molar-refractivity contribution in [3.05, 3.63) is 70.8 Å². The second kappa shape index (κ2) is 10.6. The van der Waals surface area contributed by atoms with Crippen molar-refractivity contribution in [3.8, 4) is 6.07 Å². The third-order valence-corrected chi connectivity index (χ3v) is 5.43. The Labute approximate surface area is 183 Å². The summed E-state index contributed by atoms with van der Waals surface area (Å²) >= 11 is 0. The maximum absolute atomic E-state index is 12.9. The van der Waals surface area contributed by atoms with E-state index in [0.717, 1.165) is 35.2 Å². The predicted molar refractivity (Wildman–Crippen MR) is 120 cm³/mol. The van der Waals surface area contributed by atoms with Crippen molar-refractivity contribution in [2.45, 2.75) is 32.8 Å². The van der Waals surface area contributed by atoms with Gasteiger partial charge in [0.2, 0.25) is 11.8 Å². The number of nitriles is 1. The fourth-order valence-corrected chi connectivity index (χ4v) is 3.46. The van der Waals surface area contributed by atoms with Crippen LogP contribution in [0, 0.1) is 25.2 Å². The molecule has 6 heteroatoms. The largest absolute Gasteiger partial charge is 0.376 e. The summed E-state index contributed by atoms with van der Waals surface area (Å²) in [7, 11) is 0. The van der Waals surface area contributed by atoms with Crippen molar-refractivity contribution >= 4 is 23.6 Å². The molecule has 3 rings (SSSR count). The van der Waals surface area contributed by atoms with Crippen LogP contribution in [0.2, 0.25) is 0 Å². The van der Waals surface area contributed by atoms with Crippen LogP contribution < -0.4 is 5.32 Å². The van der Waals surface area contributed by atoms with E-state index in [1.54, 1.807) is 30.3 Å². The number of benzene rings is 2. The summed E-state index contributed by atoms with van der Waals surface area (Å²) in [4.78, 5) is 27.1. The Bertz CT molecular complexity index is 1000. The van der Waals surface area contributed by atoms with Gasteiger partial charge in [0.05, 0.1) is 17.7 Å². The molecule has 0 spiro atoms. The minimum Gasteiger partial charge on any atom is -0.376 e. The van der Waals surface area contributed by atoms with Crippen LogP contribution in [0.5, 0.6) is 0 Å². The van der Waals surface area contributed by atoms with Gasteiger partial charge in [-0.05, 0) is 67.7 Å². The molecule has 2 aromatic rings. The Morgan fingerprint density at radius 1 is 1.23 bits per heavy atom. The van der Waals surface area contributed by atoms with E-state index in [1.165, 1.54) is 11.0 Å². The van der Waals surface area contributed by atoms with Crippen LogP contribution in [0.25, 0.3) is 6.08 Å². The molecule has 0 bridgehead atoms. The van der Waals surface area contributed by atoms with Gasteiger partial charge in [0, 0.05) is 24.9 Å². The Morgan fingerprint density at radius 3 is 2.68 bits per heavy atom. The SMILES string of the molecule is Cc1cccc(NC(=O)CN(CC2CCCO2)C(=O)/C=C/c2ccc(C#N)cc2)c1C. The minimum atomic E-state index is -0.254. The molecule has 2 aromatic carbocycles. The molecule has 0 aliphatic carbocycles. The van der Waals surface area contributed by atoms with Crippen molar-refractivity contribution in [2.24, 2.45) is 0 Å². The lowest BCUT2D eigenvalue weighted by Crippen LogP contribution is -2.41. The molecule has 1 aliphatic rings. The molecule has 0 radical (unpaired) electrons. The second-order valence-electron chi connectivity index (χ2n) is 7.72. The van der Waals surface area contributed by atoms with Gasteiger partial charge in [-0.2, -0.15) is 5.26 Å². The zero-order valence-corrected chi connectivity index (χ0v) is 17.9. The number of amides is 2. The third-order valence-electron chi connectivity index (χ3n) is 5.43. The summed E-state index contributed by atoms with van der Waals surface area (Å²) < 4.78 is 5.68. The first kappa shape index (κ1) is 22.3. The van der Waals surface area contributed by atoms with E-state index in [9.17, 15) is 9.59 Å². The Hall–Kier alpha value is -3.43. The smallest absolute Gasteiger partial charge is 0.247 e. The maximum atomic E-state index is 12.9. The van der Waals surface area contributed by atoms with Crippen LogP contribution in [0.4, 0.5) is 5.69 Å². The molecule has 1 N–H and O–H groups in total. The van der Waals surface area contributed by atoms with Crippen molar-refractivity contribution in [1.29, 1.82) is 5.26 Å². The van der Waals surface area contributed by atoms with E-state index in [2.05, 4.69) is 11.4 Å². The van der Waals surface area contributed by atoms with Crippen LogP contribution in [-0.2, 0) is 14.3 Å². The number of nitrogens with one attached hydrogen (secondary N) is 1. The lowest BCUT2D eigenvalue weighted by molar-refractivity contribution is -0.131. The fourth-order valence-electron chi connectivity index (χ4n) is 3.46. The Kier molecular flexibility index (Phi) is 7.58. The van der Waals surface area contributed by atoms with Gasteiger partial charge < -0.3 is 15.0 Å². The summed E-state index contributed by atoms with van der Waals surface area (Å²) in [5, 5.41) is 11.8. The average molecular weight is 418 g/mol. The van der Waals surface area contributed by atoms with Crippen LogP contribution in [-0.4, -0.2) is 42.5 Å². The van der Waals surface area contributed by atoms with Gasteiger partial charge in [0.1, 0.15) is 6.54 Å². The first-order valence-corrected chi connectivity index (χ1v) is 10.4. The zero-order valence-electron chi connectivity index (χ0n) is 17.9. The first-order valence-electron chi connectivity index (χ1n) is 10.4. The number of anilines is 1. The number of hydrogen-bond acceptors (Lipinski definition) is 4. The van der Waals surface area contributed by atoms with E-state index in [-0.39, 0.29) is 24.5 Å². The Balaban J connectivity index is 1.69. The summed E-state index contributed by atoms with van der Waals surface area (Å²) in [5.74, 6) is -0.497. The quantitative estimate of drug-likeness (QED) is 0.694. The standard InChI is InChI=1S/C25H27N3O3/c1-18-5-3-7-23(19(18)2)27-24(29)17-28(16-22-6-4-14-31-22)25(30)13-12-20-8-10-21(15-26)11-9-20/h3,5,7-13,22H,4,6,14,16-17H2,1-2H3,(H,27,29)/b13-12+. The molecule has 1 unspecified atom stereocenters. The normalized spacial score (nSPS) is 15.6. The molecule has 6 nitrogen and oxygen atoms in total. The predicted octanol–water partition coefficient (Wildman–Crippen LogP) is 3.83. The molecule has 1 heterocycles. The Morgan fingerprint density at radius 2 is 2.00 bits per heavy atom. The van der Waals surface area contributed by atoms with Crippen LogP contribution in [0.1, 0.15) is 35.1 Å². The van der Waals surface area contributed by atoms with Gasteiger partial charge in [-0.3, -0.25) is 9.59 Å². The lowest BCUT2D eigenvalue weighted by atomic mass is 10.1. The summed E-state index contributed by atoms with van der Waals surface area (Å²) in [6.07, 6.45) is 4.93. The van der Waals surface area contributed by atoms with Crippen LogP contribution in [0.3, 0.4) is 0 Å². The highest BCUT2D eigenvalue weighted by atomic mass is 16.5. The molecular formula is C25H27N3O3. The van der Waals surface area contributed by atoms with Gasteiger partial charge in [0.15, 0.2) is 0 Å². The topological polar surface area (TPSA) is 82.4 Å². The zero-order chi connectivity index (χ0) is 22.2. The average Bonchev–Trinajstić information content (AvgIpc) is 3.28. The number of aryl methyl sites for hydroxylation is 1. The van der Waals surface area contributed by atoms with Crippen molar-refractivity contribution in [1.82, 2.24) is 4.90 Å². The molecular weight excluding hydrogens is 390 g/mol. The van der Waals surface area contributed by atoms with Crippen molar-refractivity contribution in [2.75, 3.05) is 25.0 Å². The van der Waals surface area contributed by atoms with Gasteiger partial charge in [-0.15, -0.1) is 0 Å². The number of carbonyl (C=O) groups is 2. The van der Waals surface area contributed by atoms with E-state index in [0.29, 0.717) is 18.7 Å².